The van der Waals surface area contributed by atoms with Gasteiger partial charge in [-0.05, 0) is 39.1 Å². The number of likely N-dealkylation sites (N-methyl/N-ethyl adjacent to an activating group) is 1. The molecule has 128 valence electrons. The van der Waals surface area contributed by atoms with Gasteiger partial charge in [0.15, 0.2) is 0 Å². The Morgan fingerprint density at radius 2 is 1.83 bits per heavy atom. The molecule has 0 amide bonds. The molecule has 0 aliphatic carbocycles. The molecule has 1 aliphatic rings. The summed E-state index contributed by atoms with van der Waals surface area (Å²) < 4.78 is 5.85. The maximum atomic E-state index is 5.85. The molecule has 1 fully saturated rings. The molecule has 0 unspecified atom stereocenters. The smallest absolute Gasteiger partial charge is 0.227 e. The maximum absolute atomic E-state index is 5.85. The third-order valence-electron chi connectivity index (χ3n) is 3.94. The van der Waals surface area contributed by atoms with E-state index >= 15 is 0 Å². The van der Waals surface area contributed by atoms with Crippen LogP contribution in [0.15, 0.2) is 36.5 Å². The van der Waals surface area contributed by atoms with Crippen LogP contribution in [0, 0.1) is 0 Å². The predicted octanol–water partition coefficient (Wildman–Crippen LogP) is 2.76. The zero-order valence-corrected chi connectivity index (χ0v) is 14.6. The molecule has 0 radical (unpaired) electrons. The first kappa shape index (κ1) is 16.5. The summed E-state index contributed by atoms with van der Waals surface area (Å²) in [6.45, 7) is 8.01. The highest BCUT2D eigenvalue weighted by molar-refractivity contribution is 5.64. The lowest BCUT2D eigenvalue weighted by Gasteiger charge is -2.32. The monoisotopic (exact) mass is 327 g/mol. The summed E-state index contributed by atoms with van der Waals surface area (Å²) in [5, 5.41) is 3.35. The Morgan fingerprint density at radius 3 is 2.58 bits per heavy atom. The molecule has 0 spiro atoms. The van der Waals surface area contributed by atoms with E-state index in [4.69, 9.17) is 4.74 Å². The molecule has 0 bridgehead atoms. The average molecular weight is 327 g/mol. The summed E-state index contributed by atoms with van der Waals surface area (Å²) in [7, 11) is 2.14. The van der Waals surface area contributed by atoms with Gasteiger partial charge in [-0.2, -0.15) is 4.98 Å². The van der Waals surface area contributed by atoms with Gasteiger partial charge in [-0.25, -0.2) is 4.98 Å². The Balaban J connectivity index is 1.75. The van der Waals surface area contributed by atoms with E-state index in [0.29, 0.717) is 0 Å². The van der Waals surface area contributed by atoms with E-state index in [-0.39, 0.29) is 6.10 Å². The van der Waals surface area contributed by atoms with Gasteiger partial charge < -0.3 is 19.9 Å². The van der Waals surface area contributed by atoms with Gasteiger partial charge in [-0.3, -0.25) is 0 Å². The topological polar surface area (TPSA) is 53.5 Å². The van der Waals surface area contributed by atoms with Crippen molar-refractivity contribution in [2.75, 3.05) is 43.4 Å². The number of hydrogen-bond donors (Lipinski definition) is 1. The fourth-order valence-corrected chi connectivity index (χ4v) is 2.64. The molecule has 3 rings (SSSR count). The minimum Gasteiger partial charge on any atom is -0.489 e. The standard InChI is InChI=1S/C18H25N5O/c1-14(2)24-16-7-5-4-6-15(16)20-17-8-9-19-18(21-17)23-12-10-22(3)11-13-23/h4-9,14H,10-13H2,1-3H3,(H,19,20,21). The van der Waals surface area contributed by atoms with Crippen LogP contribution in [0.5, 0.6) is 5.75 Å². The van der Waals surface area contributed by atoms with E-state index in [0.717, 1.165) is 49.4 Å². The molecule has 0 atom stereocenters. The fourth-order valence-electron chi connectivity index (χ4n) is 2.64. The number of piperazine rings is 1. The highest BCUT2D eigenvalue weighted by atomic mass is 16.5. The summed E-state index contributed by atoms with van der Waals surface area (Å²) in [6.07, 6.45) is 1.92. The molecule has 1 aliphatic heterocycles. The maximum Gasteiger partial charge on any atom is 0.227 e. The van der Waals surface area contributed by atoms with Crippen LogP contribution in [-0.2, 0) is 0 Å². The van der Waals surface area contributed by atoms with Crippen molar-refractivity contribution in [1.82, 2.24) is 14.9 Å². The minimum atomic E-state index is 0.124. The number of hydrogen-bond acceptors (Lipinski definition) is 6. The lowest BCUT2D eigenvalue weighted by Crippen LogP contribution is -2.45. The summed E-state index contributed by atoms with van der Waals surface area (Å²) in [4.78, 5) is 13.6. The first-order valence-corrected chi connectivity index (χ1v) is 8.41. The number of ether oxygens (including phenoxy) is 1. The molecule has 2 aromatic rings. The molecule has 6 nitrogen and oxygen atoms in total. The van der Waals surface area contributed by atoms with Gasteiger partial charge in [-0.15, -0.1) is 0 Å². The van der Waals surface area contributed by atoms with Gasteiger partial charge in [0.1, 0.15) is 11.6 Å². The minimum absolute atomic E-state index is 0.124. The molecule has 1 aromatic heterocycles. The second-order valence-electron chi connectivity index (χ2n) is 6.32. The predicted molar refractivity (Wildman–Crippen MR) is 97.2 cm³/mol. The van der Waals surface area contributed by atoms with Crippen molar-refractivity contribution in [2.45, 2.75) is 20.0 Å². The number of aromatic nitrogens is 2. The summed E-state index contributed by atoms with van der Waals surface area (Å²) in [5.41, 5.74) is 0.911. The van der Waals surface area contributed by atoms with E-state index in [2.05, 4.69) is 32.1 Å². The number of rotatable bonds is 5. The Morgan fingerprint density at radius 1 is 1.08 bits per heavy atom. The van der Waals surface area contributed by atoms with E-state index in [1.807, 2.05) is 44.2 Å². The quantitative estimate of drug-likeness (QED) is 0.911. The zero-order chi connectivity index (χ0) is 16.9. The third-order valence-corrected chi connectivity index (χ3v) is 3.94. The zero-order valence-electron chi connectivity index (χ0n) is 14.6. The van der Waals surface area contributed by atoms with Crippen LogP contribution in [0.25, 0.3) is 0 Å². The van der Waals surface area contributed by atoms with Gasteiger partial charge in [0, 0.05) is 32.4 Å². The molecular formula is C18H25N5O. The lowest BCUT2D eigenvalue weighted by atomic mass is 10.3. The van der Waals surface area contributed by atoms with Crippen molar-refractivity contribution < 1.29 is 4.74 Å². The van der Waals surface area contributed by atoms with Crippen molar-refractivity contribution in [3.63, 3.8) is 0 Å². The Kier molecular flexibility index (Phi) is 5.15. The van der Waals surface area contributed by atoms with Crippen molar-refractivity contribution in [3.8, 4) is 5.75 Å². The van der Waals surface area contributed by atoms with E-state index in [1.54, 1.807) is 6.20 Å². The molecule has 1 aromatic carbocycles. The number of nitrogens with one attached hydrogen (secondary N) is 1. The van der Waals surface area contributed by atoms with Crippen molar-refractivity contribution >= 4 is 17.5 Å². The van der Waals surface area contributed by atoms with E-state index in [1.165, 1.54) is 0 Å². The third kappa shape index (κ3) is 4.14. The van der Waals surface area contributed by atoms with Crippen LogP contribution in [0.3, 0.4) is 0 Å². The van der Waals surface area contributed by atoms with Crippen LogP contribution >= 0.6 is 0 Å². The van der Waals surface area contributed by atoms with Gasteiger partial charge in [-0.1, -0.05) is 12.1 Å². The molecular weight excluding hydrogens is 302 g/mol. The summed E-state index contributed by atoms with van der Waals surface area (Å²) in [5.74, 6) is 2.38. The van der Waals surface area contributed by atoms with Crippen molar-refractivity contribution in [1.29, 1.82) is 0 Å². The average Bonchev–Trinajstić information content (AvgIpc) is 2.57. The molecule has 6 heteroatoms. The van der Waals surface area contributed by atoms with Crippen LogP contribution in [0.1, 0.15) is 13.8 Å². The second kappa shape index (κ2) is 7.49. The molecule has 2 heterocycles. The number of benzene rings is 1. The first-order valence-electron chi connectivity index (χ1n) is 8.41. The Hall–Kier alpha value is -2.34. The van der Waals surface area contributed by atoms with Gasteiger partial charge in [0.25, 0.3) is 0 Å². The second-order valence-corrected chi connectivity index (χ2v) is 6.32. The lowest BCUT2D eigenvalue weighted by molar-refractivity contribution is 0.244. The van der Waals surface area contributed by atoms with E-state index in [9.17, 15) is 0 Å². The highest BCUT2D eigenvalue weighted by Crippen LogP contribution is 2.28. The molecule has 1 N–H and O–H groups in total. The van der Waals surface area contributed by atoms with Crippen LogP contribution in [-0.4, -0.2) is 54.2 Å². The number of para-hydroxylation sites is 2. The first-order chi connectivity index (χ1) is 11.6. The Labute approximate surface area is 143 Å². The highest BCUT2D eigenvalue weighted by Gasteiger charge is 2.16. The van der Waals surface area contributed by atoms with Crippen LogP contribution < -0.4 is 15.0 Å². The number of anilines is 3. The van der Waals surface area contributed by atoms with Crippen molar-refractivity contribution in [2.24, 2.45) is 0 Å². The molecule has 1 saturated heterocycles. The molecule has 0 saturated carbocycles. The van der Waals surface area contributed by atoms with E-state index < -0.39 is 0 Å². The normalized spacial score (nSPS) is 15.6. The summed E-state index contributed by atoms with van der Waals surface area (Å²) >= 11 is 0. The summed E-state index contributed by atoms with van der Waals surface area (Å²) in [6, 6.07) is 9.79. The van der Waals surface area contributed by atoms with Gasteiger partial charge in [0.05, 0.1) is 11.8 Å². The number of nitrogens with zero attached hydrogens (tertiary/aromatic N) is 4. The Bertz CT molecular complexity index is 668. The van der Waals surface area contributed by atoms with Crippen LogP contribution in [0.2, 0.25) is 0 Å². The SMILES string of the molecule is CC(C)Oc1ccccc1Nc1ccnc(N2CCN(C)CC2)n1. The van der Waals surface area contributed by atoms with Gasteiger partial charge in [0.2, 0.25) is 5.95 Å². The van der Waals surface area contributed by atoms with Crippen LogP contribution in [0.4, 0.5) is 17.5 Å². The largest absolute Gasteiger partial charge is 0.489 e. The fraction of sp³-hybridized carbons (Fsp3) is 0.444. The van der Waals surface area contributed by atoms with Crippen molar-refractivity contribution in [3.05, 3.63) is 36.5 Å². The van der Waals surface area contributed by atoms with Gasteiger partial charge >= 0.3 is 0 Å². The molecule has 24 heavy (non-hydrogen) atoms.